The van der Waals surface area contributed by atoms with Crippen molar-refractivity contribution < 1.29 is 4.42 Å². The Hall–Kier alpha value is -1.26. The van der Waals surface area contributed by atoms with Gasteiger partial charge in [-0.05, 0) is 44.9 Å². The molecule has 2 rings (SSSR count). The largest absolute Gasteiger partial charge is 0.462 e. The smallest absolute Gasteiger partial charge is 0.126 e. The van der Waals surface area contributed by atoms with Gasteiger partial charge < -0.3 is 9.73 Å². The lowest BCUT2D eigenvalue weighted by Crippen LogP contribution is -2.19. The van der Waals surface area contributed by atoms with Crippen LogP contribution in [-0.4, -0.2) is 16.3 Å². The molecular weight excluding hydrogens is 286 g/mol. The van der Waals surface area contributed by atoms with Gasteiger partial charge in [0, 0.05) is 0 Å². The van der Waals surface area contributed by atoms with Crippen LogP contribution in [0, 0.1) is 26.7 Å². The van der Waals surface area contributed by atoms with Gasteiger partial charge in [0.05, 0.1) is 29.5 Å². The molecule has 0 atom stereocenters. The maximum Gasteiger partial charge on any atom is 0.126 e. The van der Waals surface area contributed by atoms with Crippen LogP contribution in [-0.2, 0) is 13.1 Å². The molecule has 2 aromatic rings. The van der Waals surface area contributed by atoms with E-state index in [4.69, 9.17) is 16.0 Å². The minimum absolute atomic E-state index is 0.615. The Bertz CT molecular complexity index is 613. The molecule has 0 aliphatic heterocycles. The summed E-state index contributed by atoms with van der Waals surface area (Å²) in [5.41, 5.74) is 3.01. The summed E-state index contributed by atoms with van der Waals surface area (Å²) in [7, 11) is 0. The number of nitrogens with zero attached hydrogens (tertiary/aromatic N) is 2. The lowest BCUT2D eigenvalue weighted by atomic mass is 10.2. The summed E-state index contributed by atoms with van der Waals surface area (Å²) >= 11 is 6.18. The number of furan rings is 1. The molecule has 0 radical (unpaired) electrons. The highest BCUT2D eigenvalue weighted by molar-refractivity contribution is 6.31. The topological polar surface area (TPSA) is 43.0 Å². The van der Waals surface area contributed by atoms with E-state index in [0.717, 1.165) is 41.0 Å². The molecular formula is C16H24ClN3O. The van der Waals surface area contributed by atoms with Crippen LogP contribution in [0.5, 0.6) is 0 Å². The van der Waals surface area contributed by atoms with Gasteiger partial charge in [0.1, 0.15) is 11.5 Å². The van der Waals surface area contributed by atoms with Crippen molar-refractivity contribution >= 4 is 11.6 Å². The predicted octanol–water partition coefficient (Wildman–Crippen LogP) is 3.85. The minimum atomic E-state index is 0.615. The molecule has 0 aromatic carbocycles. The molecule has 0 aliphatic rings. The van der Waals surface area contributed by atoms with Gasteiger partial charge in [0.2, 0.25) is 0 Å². The summed E-state index contributed by atoms with van der Waals surface area (Å²) in [6, 6.07) is 2.08. The van der Waals surface area contributed by atoms with Gasteiger partial charge in [0.15, 0.2) is 0 Å². The molecule has 2 heterocycles. The van der Waals surface area contributed by atoms with Crippen molar-refractivity contribution in [3.8, 4) is 0 Å². The molecule has 21 heavy (non-hydrogen) atoms. The molecule has 0 bridgehead atoms. The molecule has 0 aliphatic carbocycles. The molecule has 0 spiro atoms. The van der Waals surface area contributed by atoms with E-state index >= 15 is 0 Å². The van der Waals surface area contributed by atoms with E-state index in [1.165, 1.54) is 5.56 Å². The Morgan fingerprint density at radius 3 is 2.62 bits per heavy atom. The lowest BCUT2D eigenvalue weighted by molar-refractivity contribution is 0.419. The summed E-state index contributed by atoms with van der Waals surface area (Å²) in [4.78, 5) is 0. The summed E-state index contributed by atoms with van der Waals surface area (Å²) in [5.74, 6) is 2.55. The van der Waals surface area contributed by atoms with Crippen LogP contribution in [0.1, 0.15) is 42.3 Å². The van der Waals surface area contributed by atoms with Crippen molar-refractivity contribution in [2.75, 3.05) is 6.54 Å². The average molecular weight is 310 g/mol. The maximum atomic E-state index is 6.18. The van der Waals surface area contributed by atoms with Crippen LogP contribution in [0.3, 0.4) is 0 Å². The molecule has 5 heteroatoms. The Labute approximate surface area is 131 Å². The van der Waals surface area contributed by atoms with E-state index in [2.05, 4.69) is 37.3 Å². The number of aromatic nitrogens is 2. The van der Waals surface area contributed by atoms with Gasteiger partial charge in [-0.3, -0.25) is 4.68 Å². The molecule has 0 unspecified atom stereocenters. The van der Waals surface area contributed by atoms with Crippen molar-refractivity contribution in [3.63, 3.8) is 0 Å². The first-order valence-electron chi connectivity index (χ1n) is 7.37. The zero-order valence-electron chi connectivity index (χ0n) is 13.5. The quantitative estimate of drug-likeness (QED) is 0.881. The van der Waals surface area contributed by atoms with E-state index in [9.17, 15) is 0 Å². The van der Waals surface area contributed by atoms with Gasteiger partial charge in [-0.1, -0.05) is 25.4 Å². The zero-order valence-corrected chi connectivity index (χ0v) is 14.2. The van der Waals surface area contributed by atoms with Crippen LogP contribution in [0.2, 0.25) is 5.02 Å². The second kappa shape index (κ2) is 6.67. The van der Waals surface area contributed by atoms with E-state index in [0.29, 0.717) is 12.5 Å². The molecule has 0 fully saturated rings. The van der Waals surface area contributed by atoms with Crippen LogP contribution in [0.4, 0.5) is 0 Å². The highest BCUT2D eigenvalue weighted by Crippen LogP contribution is 2.21. The highest BCUT2D eigenvalue weighted by atomic mass is 35.5. The summed E-state index contributed by atoms with van der Waals surface area (Å²) in [6.45, 7) is 12.7. The van der Waals surface area contributed by atoms with Gasteiger partial charge in [0.25, 0.3) is 0 Å². The summed E-state index contributed by atoms with van der Waals surface area (Å²) in [5, 5.41) is 8.58. The molecule has 116 valence electrons. The lowest BCUT2D eigenvalue weighted by Gasteiger charge is -2.06. The van der Waals surface area contributed by atoms with Crippen molar-refractivity contribution in [1.29, 1.82) is 0 Å². The first kappa shape index (κ1) is 16.1. The van der Waals surface area contributed by atoms with Crippen LogP contribution < -0.4 is 5.32 Å². The van der Waals surface area contributed by atoms with Gasteiger partial charge in [-0.2, -0.15) is 5.10 Å². The molecule has 0 saturated heterocycles. The second-order valence-corrected chi connectivity index (χ2v) is 6.36. The fourth-order valence-electron chi connectivity index (χ4n) is 2.29. The normalized spacial score (nSPS) is 11.6. The van der Waals surface area contributed by atoms with E-state index in [1.807, 2.05) is 18.5 Å². The van der Waals surface area contributed by atoms with Crippen molar-refractivity contribution in [2.24, 2.45) is 5.92 Å². The van der Waals surface area contributed by atoms with E-state index in [1.54, 1.807) is 0 Å². The standard InChI is InChI=1S/C16H24ClN3O/c1-10(2)7-18-8-15-11(3)6-14(21-15)9-20-13(5)16(17)12(4)19-20/h6,10,18H,7-9H2,1-5H3. The molecule has 4 nitrogen and oxygen atoms in total. The molecule has 2 aromatic heterocycles. The SMILES string of the molecule is Cc1cc(Cn2nc(C)c(Cl)c2C)oc1CNCC(C)C. The number of halogens is 1. The maximum absolute atomic E-state index is 6.18. The van der Waals surface area contributed by atoms with Crippen molar-refractivity contribution in [1.82, 2.24) is 15.1 Å². The first-order chi connectivity index (χ1) is 9.88. The zero-order chi connectivity index (χ0) is 15.6. The molecule has 0 saturated carbocycles. The number of rotatable bonds is 6. The van der Waals surface area contributed by atoms with E-state index < -0.39 is 0 Å². The molecule has 1 N–H and O–H groups in total. The first-order valence-corrected chi connectivity index (χ1v) is 7.74. The van der Waals surface area contributed by atoms with Gasteiger partial charge in [-0.15, -0.1) is 0 Å². The fraction of sp³-hybridized carbons (Fsp3) is 0.562. The Morgan fingerprint density at radius 2 is 2.05 bits per heavy atom. The fourth-order valence-corrected chi connectivity index (χ4v) is 2.43. The van der Waals surface area contributed by atoms with E-state index in [-0.39, 0.29) is 0 Å². The minimum Gasteiger partial charge on any atom is -0.462 e. The Morgan fingerprint density at radius 1 is 1.33 bits per heavy atom. The second-order valence-electron chi connectivity index (χ2n) is 5.99. The summed E-state index contributed by atoms with van der Waals surface area (Å²) < 4.78 is 7.83. The van der Waals surface area contributed by atoms with Crippen LogP contribution in [0.15, 0.2) is 10.5 Å². The van der Waals surface area contributed by atoms with Crippen LogP contribution in [0.25, 0.3) is 0 Å². The van der Waals surface area contributed by atoms with Gasteiger partial charge in [-0.25, -0.2) is 0 Å². The van der Waals surface area contributed by atoms with Crippen molar-refractivity contribution in [3.05, 3.63) is 39.6 Å². The van der Waals surface area contributed by atoms with Crippen LogP contribution >= 0.6 is 11.6 Å². The number of nitrogens with one attached hydrogen (secondary N) is 1. The highest BCUT2D eigenvalue weighted by Gasteiger charge is 2.13. The third kappa shape index (κ3) is 3.89. The third-order valence-electron chi connectivity index (χ3n) is 3.51. The van der Waals surface area contributed by atoms with Gasteiger partial charge >= 0.3 is 0 Å². The number of aryl methyl sites for hydroxylation is 2. The Balaban J connectivity index is 2.06. The summed E-state index contributed by atoms with van der Waals surface area (Å²) in [6.07, 6.45) is 0. The predicted molar refractivity (Wildman–Crippen MR) is 85.8 cm³/mol. The van der Waals surface area contributed by atoms with Crippen molar-refractivity contribution in [2.45, 2.75) is 47.7 Å². The number of hydrogen-bond donors (Lipinski definition) is 1. The number of hydrogen-bond acceptors (Lipinski definition) is 3. The average Bonchev–Trinajstić information content (AvgIpc) is 2.86. The molecule has 0 amide bonds. The third-order valence-corrected chi connectivity index (χ3v) is 4.06. The Kier molecular flexibility index (Phi) is 5.12. The monoisotopic (exact) mass is 309 g/mol.